The lowest BCUT2D eigenvalue weighted by Crippen LogP contribution is -2.31. The third kappa shape index (κ3) is 4.66. The molecule has 7 nitrogen and oxygen atoms in total. The predicted molar refractivity (Wildman–Crippen MR) is 126 cm³/mol. The zero-order chi connectivity index (χ0) is 22.5. The number of benzene rings is 2. The number of anilines is 2. The number of carbonyl (C=O) groups is 1. The van der Waals surface area contributed by atoms with Crippen molar-refractivity contribution in [2.75, 3.05) is 17.2 Å². The quantitative estimate of drug-likeness (QED) is 0.486. The van der Waals surface area contributed by atoms with Gasteiger partial charge in [0.15, 0.2) is 0 Å². The number of ether oxygens (including phenoxy) is 1. The fraction of sp³-hybridized carbons (Fsp3) is 0.320. The van der Waals surface area contributed by atoms with Crippen LogP contribution in [0.1, 0.15) is 50.3 Å². The Morgan fingerprint density at radius 3 is 2.56 bits per heavy atom. The molecule has 2 heterocycles. The zero-order valence-electron chi connectivity index (χ0n) is 18.8. The monoisotopic (exact) mass is 431 g/mol. The summed E-state index contributed by atoms with van der Waals surface area (Å²) in [6, 6.07) is 15.2. The number of rotatable bonds is 8. The summed E-state index contributed by atoms with van der Waals surface area (Å²) in [7, 11) is 0. The van der Waals surface area contributed by atoms with Gasteiger partial charge in [-0.1, -0.05) is 49.6 Å². The second-order valence-electron chi connectivity index (χ2n) is 8.04. The van der Waals surface area contributed by atoms with Gasteiger partial charge in [-0.15, -0.1) is 0 Å². The van der Waals surface area contributed by atoms with E-state index in [1.807, 2.05) is 62.4 Å². The number of hydrogen-bond donors (Lipinski definition) is 2. The van der Waals surface area contributed by atoms with Crippen LogP contribution >= 0.6 is 0 Å². The number of unbranched alkanes of at least 4 members (excludes halogenated alkanes) is 2. The van der Waals surface area contributed by atoms with E-state index in [-0.39, 0.29) is 5.91 Å². The second kappa shape index (κ2) is 9.68. The Hall–Kier alpha value is -3.61. The lowest BCUT2D eigenvalue weighted by Gasteiger charge is -2.28. The molecule has 2 N–H and O–H groups in total. The molecule has 0 aliphatic carbocycles. The van der Waals surface area contributed by atoms with Crippen molar-refractivity contribution in [2.45, 2.75) is 46.1 Å². The van der Waals surface area contributed by atoms with E-state index in [4.69, 9.17) is 4.74 Å². The van der Waals surface area contributed by atoms with Crippen LogP contribution in [0.3, 0.4) is 0 Å². The van der Waals surface area contributed by atoms with Gasteiger partial charge >= 0.3 is 0 Å². The molecule has 0 saturated carbocycles. The lowest BCUT2D eigenvalue weighted by atomic mass is 9.95. The van der Waals surface area contributed by atoms with Crippen LogP contribution in [0.25, 0.3) is 0 Å². The third-order valence-corrected chi connectivity index (χ3v) is 5.56. The fourth-order valence-electron chi connectivity index (χ4n) is 3.82. The Labute approximate surface area is 188 Å². The van der Waals surface area contributed by atoms with E-state index < -0.39 is 6.04 Å². The van der Waals surface area contributed by atoms with Gasteiger partial charge in [-0.25, -0.2) is 4.68 Å². The van der Waals surface area contributed by atoms with Crippen LogP contribution in [0, 0.1) is 6.92 Å². The van der Waals surface area contributed by atoms with Gasteiger partial charge < -0.3 is 15.4 Å². The Morgan fingerprint density at radius 1 is 1.09 bits per heavy atom. The van der Waals surface area contributed by atoms with Gasteiger partial charge in [0.1, 0.15) is 18.1 Å². The highest BCUT2D eigenvalue weighted by Gasteiger charge is 2.33. The minimum Gasteiger partial charge on any atom is -0.494 e. The number of nitrogens with one attached hydrogen (secondary N) is 2. The van der Waals surface area contributed by atoms with Gasteiger partial charge in [0.05, 0.1) is 12.2 Å². The van der Waals surface area contributed by atoms with Gasteiger partial charge in [-0.05, 0) is 50.1 Å². The minimum absolute atomic E-state index is 0.176. The van der Waals surface area contributed by atoms with E-state index in [1.54, 1.807) is 4.68 Å². The number of aromatic nitrogens is 3. The number of fused-ring (bicyclic) bond motifs is 1. The molecule has 1 aliphatic rings. The summed E-state index contributed by atoms with van der Waals surface area (Å²) in [5, 5.41) is 10.6. The highest BCUT2D eigenvalue weighted by molar-refractivity contribution is 6.06. The normalized spacial score (nSPS) is 15.2. The van der Waals surface area contributed by atoms with Gasteiger partial charge in [0, 0.05) is 11.4 Å². The van der Waals surface area contributed by atoms with Crippen LogP contribution in [-0.4, -0.2) is 27.3 Å². The van der Waals surface area contributed by atoms with Crippen LogP contribution in [0.2, 0.25) is 0 Å². The number of nitrogens with zero attached hydrogens (tertiary/aromatic N) is 3. The van der Waals surface area contributed by atoms with Crippen LogP contribution in [0.5, 0.6) is 5.75 Å². The molecular weight excluding hydrogens is 402 g/mol. The average molecular weight is 432 g/mol. The molecule has 2 aromatic carbocycles. The molecule has 32 heavy (non-hydrogen) atoms. The van der Waals surface area contributed by atoms with E-state index in [1.165, 1.54) is 6.33 Å². The standard InChI is InChI=1S/C25H29N5O2/c1-4-5-6-15-32-21-13-9-19(10-14-21)23-22(18(3)28-25-26-16-27-30(23)25)24(31)29-20-11-7-17(2)8-12-20/h7-14,16,23H,4-6,15H2,1-3H3,(H,29,31)(H,26,27,28). The molecule has 1 unspecified atom stereocenters. The van der Waals surface area contributed by atoms with E-state index in [9.17, 15) is 4.79 Å². The Bertz CT molecular complexity index is 1100. The molecule has 1 amide bonds. The molecule has 0 bridgehead atoms. The summed E-state index contributed by atoms with van der Waals surface area (Å²) in [5.74, 6) is 1.26. The highest BCUT2D eigenvalue weighted by atomic mass is 16.5. The van der Waals surface area contributed by atoms with Crippen LogP contribution in [0.15, 0.2) is 66.1 Å². The van der Waals surface area contributed by atoms with Crippen molar-refractivity contribution in [1.82, 2.24) is 14.8 Å². The van der Waals surface area contributed by atoms with Crippen molar-refractivity contribution in [2.24, 2.45) is 0 Å². The van der Waals surface area contributed by atoms with E-state index in [0.29, 0.717) is 18.1 Å². The summed E-state index contributed by atoms with van der Waals surface area (Å²) in [6.07, 6.45) is 4.86. The number of allylic oxidation sites excluding steroid dienone is 1. The maximum atomic E-state index is 13.4. The van der Waals surface area contributed by atoms with Gasteiger partial charge in [0.2, 0.25) is 5.95 Å². The van der Waals surface area contributed by atoms with Crippen LogP contribution in [-0.2, 0) is 4.79 Å². The maximum absolute atomic E-state index is 13.4. The van der Waals surface area contributed by atoms with Crippen molar-refractivity contribution in [3.05, 3.63) is 77.3 Å². The van der Waals surface area contributed by atoms with E-state index >= 15 is 0 Å². The molecule has 166 valence electrons. The van der Waals surface area contributed by atoms with Crippen LogP contribution < -0.4 is 15.4 Å². The molecule has 0 radical (unpaired) electrons. The SMILES string of the molecule is CCCCCOc1ccc(C2C(C(=O)Nc3ccc(C)cc3)=C(C)Nc3ncnn32)cc1. The first-order valence-electron chi connectivity index (χ1n) is 11.0. The van der Waals surface area contributed by atoms with E-state index in [0.717, 1.165) is 47.5 Å². The molecule has 0 fully saturated rings. The first-order valence-corrected chi connectivity index (χ1v) is 11.0. The molecule has 1 aromatic heterocycles. The number of amides is 1. The Kier molecular flexibility index (Phi) is 6.54. The molecule has 0 saturated heterocycles. The van der Waals surface area contributed by atoms with Gasteiger partial charge in [0.25, 0.3) is 5.91 Å². The van der Waals surface area contributed by atoms with Gasteiger partial charge in [-0.2, -0.15) is 10.1 Å². The first-order chi connectivity index (χ1) is 15.6. The second-order valence-corrected chi connectivity index (χ2v) is 8.04. The zero-order valence-corrected chi connectivity index (χ0v) is 18.8. The molecule has 3 aromatic rings. The Balaban J connectivity index is 1.60. The van der Waals surface area contributed by atoms with Crippen molar-refractivity contribution in [3.8, 4) is 5.75 Å². The highest BCUT2D eigenvalue weighted by Crippen LogP contribution is 2.35. The summed E-state index contributed by atoms with van der Waals surface area (Å²) >= 11 is 0. The number of aryl methyl sites for hydroxylation is 1. The minimum atomic E-state index is -0.395. The van der Waals surface area contributed by atoms with Crippen LogP contribution in [0.4, 0.5) is 11.6 Å². The van der Waals surface area contributed by atoms with Crippen molar-refractivity contribution in [3.63, 3.8) is 0 Å². The number of hydrogen-bond acceptors (Lipinski definition) is 5. The molecular formula is C25H29N5O2. The average Bonchev–Trinajstić information content (AvgIpc) is 3.26. The van der Waals surface area contributed by atoms with Crippen molar-refractivity contribution < 1.29 is 9.53 Å². The third-order valence-electron chi connectivity index (χ3n) is 5.56. The molecule has 7 heteroatoms. The van der Waals surface area contributed by atoms with Crippen molar-refractivity contribution in [1.29, 1.82) is 0 Å². The topological polar surface area (TPSA) is 81.1 Å². The summed E-state index contributed by atoms with van der Waals surface area (Å²) in [6.45, 7) is 6.79. The molecule has 4 rings (SSSR count). The lowest BCUT2D eigenvalue weighted by molar-refractivity contribution is -0.113. The predicted octanol–water partition coefficient (Wildman–Crippen LogP) is 5.08. The number of carbonyl (C=O) groups excluding carboxylic acids is 1. The molecule has 0 spiro atoms. The first kappa shape index (κ1) is 21.6. The smallest absolute Gasteiger partial charge is 0.255 e. The largest absolute Gasteiger partial charge is 0.494 e. The summed E-state index contributed by atoms with van der Waals surface area (Å²) < 4.78 is 7.59. The van der Waals surface area contributed by atoms with Crippen molar-refractivity contribution >= 4 is 17.5 Å². The summed E-state index contributed by atoms with van der Waals surface area (Å²) in [4.78, 5) is 17.6. The fourth-order valence-corrected chi connectivity index (χ4v) is 3.82. The summed E-state index contributed by atoms with van der Waals surface area (Å²) in [5.41, 5.74) is 4.17. The molecule has 1 aliphatic heterocycles. The van der Waals surface area contributed by atoms with Gasteiger partial charge in [-0.3, -0.25) is 4.79 Å². The van der Waals surface area contributed by atoms with E-state index in [2.05, 4.69) is 27.6 Å². The Morgan fingerprint density at radius 2 is 1.84 bits per heavy atom. The maximum Gasteiger partial charge on any atom is 0.255 e. The molecule has 1 atom stereocenters.